The largest absolute Gasteiger partial charge is 0.438 e. The van der Waals surface area contributed by atoms with Crippen molar-refractivity contribution >= 4 is 5.82 Å². The molecule has 0 aliphatic carbocycles. The first-order valence-electron chi connectivity index (χ1n) is 9.43. The van der Waals surface area contributed by atoms with Gasteiger partial charge in [0.15, 0.2) is 0 Å². The fourth-order valence-corrected chi connectivity index (χ4v) is 3.14. The lowest BCUT2D eigenvalue weighted by atomic mass is 10.1. The highest BCUT2D eigenvalue weighted by Gasteiger charge is 2.16. The lowest BCUT2D eigenvalue weighted by Gasteiger charge is -2.28. The number of halogens is 1. The first kappa shape index (κ1) is 19.2. The molecule has 1 aliphatic heterocycles. The van der Waals surface area contributed by atoms with Gasteiger partial charge in [0.2, 0.25) is 5.88 Å². The molecule has 2 aromatic heterocycles. The number of morpholine rings is 1. The standard InChI is InChI=1S/C21H22FN5O2/c1-14-25-20(27-6-8-28-9-7-27)11-21(26-14)29-19-10-16(22)3-4-17(19)18-5-2-15(12-23)13-24-18/h2-5,10-11,13H,6-9,12,23H2,1H3. The minimum atomic E-state index is -0.401. The summed E-state index contributed by atoms with van der Waals surface area (Å²) in [6.07, 6.45) is 1.70. The maximum atomic E-state index is 14.0. The van der Waals surface area contributed by atoms with Crippen LogP contribution in [0.25, 0.3) is 11.3 Å². The van der Waals surface area contributed by atoms with Crippen molar-refractivity contribution in [3.05, 3.63) is 59.8 Å². The molecule has 1 saturated heterocycles. The summed E-state index contributed by atoms with van der Waals surface area (Å²) in [5, 5.41) is 0. The van der Waals surface area contributed by atoms with Crippen LogP contribution >= 0.6 is 0 Å². The van der Waals surface area contributed by atoms with Crippen molar-refractivity contribution in [1.29, 1.82) is 0 Å². The van der Waals surface area contributed by atoms with Gasteiger partial charge in [0.25, 0.3) is 0 Å². The van der Waals surface area contributed by atoms with Gasteiger partial charge in [-0.1, -0.05) is 6.07 Å². The van der Waals surface area contributed by atoms with Crippen molar-refractivity contribution in [3.8, 4) is 22.9 Å². The monoisotopic (exact) mass is 395 g/mol. The zero-order valence-corrected chi connectivity index (χ0v) is 16.1. The summed E-state index contributed by atoms with van der Waals surface area (Å²) < 4.78 is 25.4. The van der Waals surface area contributed by atoms with E-state index in [9.17, 15) is 4.39 Å². The average Bonchev–Trinajstić information content (AvgIpc) is 2.74. The number of pyridine rings is 1. The lowest BCUT2D eigenvalue weighted by molar-refractivity contribution is 0.122. The summed E-state index contributed by atoms with van der Waals surface area (Å²) in [4.78, 5) is 15.4. The number of aromatic nitrogens is 3. The molecule has 1 aromatic carbocycles. The molecule has 0 spiro atoms. The third-order valence-electron chi connectivity index (χ3n) is 4.63. The van der Waals surface area contributed by atoms with Crippen LogP contribution in [0.1, 0.15) is 11.4 Å². The Morgan fingerprint density at radius 1 is 1.14 bits per heavy atom. The molecule has 0 radical (unpaired) electrons. The molecule has 3 heterocycles. The molecule has 29 heavy (non-hydrogen) atoms. The van der Waals surface area contributed by atoms with Gasteiger partial charge < -0.3 is 20.1 Å². The summed E-state index contributed by atoms with van der Waals surface area (Å²) in [7, 11) is 0. The van der Waals surface area contributed by atoms with Gasteiger partial charge in [0, 0.05) is 43.5 Å². The molecule has 7 nitrogen and oxygen atoms in total. The van der Waals surface area contributed by atoms with Gasteiger partial charge in [-0.3, -0.25) is 4.98 Å². The van der Waals surface area contributed by atoms with E-state index >= 15 is 0 Å². The Balaban J connectivity index is 1.67. The minimum absolute atomic E-state index is 0.337. The number of hydrogen-bond acceptors (Lipinski definition) is 7. The topological polar surface area (TPSA) is 86.4 Å². The van der Waals surface area contributed by atoms with Gasteiger partial charge in [-0.2, -0.15) is 4.98 Å². The van der Waals surface area contributed by atoms with Gasteiger partial charge in [-0.05, 0) is 30.7 Å². The molecule has 8 heteroatoms. The van der Waals surface area contributed by atoms with Crippen LogP contribution in [0.3, 0.4) is 0 Å². The molecule has 0 amide bonds. The van der Waals surface area contributed by atoms with E-state index in [1.807, 2.05) is 12.1 Å². The van der Waals surface area contributed by atoms with Crippen LogP contribution in [-0.4, -0.2) is 41.3 Å². The van der Waals surface area contributed by atoms with Crippen molar-refractivity contribution in [2.75, 3.05) is 31.2 Å². The zero-order valence-electron chi connectivity index (χ0n) is 16.1. The molecule has 4 rings (SSSR count). The van der Waals surface area contributed by atoms with E-state index in [1.54, 1.807) is 25.3 Å². The zero-order chi connectivity index (χ0) is 20.2. The van der Waals surface area contributed by atoms with E-state index in [0.717, 1.165) is 24.5 Å². The lowest BCUT2D eigenvalue weighted by Crippen LogP contribution is -2.36. The Morgan fingerprint density at radius 3 is 2.69 bits per heavy atom. The van der Waals surface area contributed by atoms with Crippen molar-refractivity contribution in [1.82, 2.24) is 15.0 Å². The fourth-order valence-electron chi connectivity index (χ4n) is 3.14. The van der Waals surface area contributed by atoms with Gasteiger partial charge in [-0.15, -0.1) is 0 Å². The van der Waals surface area contributed by atoms with E-state index in [-0.39, 0.29) is 0 Å². The number of anilines is 1. The van der Waals surface area contributed by atoms with Gasteiger partial charge in [-0.25, -0.2) is 9.37 Å². The minimum Gasteiger partial charge on any atom is -0.438 e. The van der Waals surface area contributed by atoms with Crippen LogP contribution in [0.15, 0.2) is 42.6 Å². The Kier molecular flexibility index (Phi) is 5.64. The second-order valence-electron chi connectivity index (χ2n) is 6.71. The first-order valence-corrected chi connectivity index (χ1v) is 9.43. The van der Waals surface area contributed by atoms with Gasteiger partial charge in [0.1, 0.15) is 23.2 Å². The summed E-state index contributed by atoms with van der Waals surface area (Å²) in [5.41, 5.74) is 7.89. The van der Waals surface area contributed by atoms with Gasteiger partial charge in [0.05, 0.1) is 18.9 Å². The normalized spacial score (nSPS) is 14.1. The third kappa shape index (κ3) is 4.49. The molecule has 0 saturated carbocycles. The number of nitrogens with two attached hydrogens (primary N) is 1. The molecule has 0 bridgehead atoms. The summed E-state index contributed by atoms with van der Waals surface area (Å²) in [5.74, 6) is 1.63. The highest BCUT2D eigenvalue weighted by atomic mass is 19.1. The first-order chi connectivity index (χ1) is 14.1. The fraction of sp³-hybridized carbons (Fsp3) is 0.286. The Morgan fingerprint density at radius 2 is 1.97 bits per heavy atom. The Hall–Kier alpha value is -3.10. The number of hydrogen-bond donors (Lipinski definition) is 1. The highest BCUT2D eigenvalue weighted by Crippen LogP contribution is 2.33. The van der Waals surface area contributed by atoms with E-state index in [1.165, 1.54) is 12.1 Å². The second-order valence-corrected chi connectivity index (χ2v) is 6.71. The molecule has 3 aromatic rings. The molecule has 150 valence electrons. The van der Waals surface area contributed by atoms with Crippen LogP contribution in [0.5, 0.6) is 11.6 Å². The number of nitrogens with zero attached hydrogens (tertiary/aromatic N) is 4. The SMILES string of the molecule is Cc1nc(Oc2cc(F)ccc2-c2ccc(CN)cn2)cc(N2CCOCC2)n1. The van der Waals surface area contributed by atoms with E-state index < -0.39 is 5.82 Å². The third-order valence-corrected chi connectivity index (χ3v) is 4.63. The maximum Gasteiger partial charge on any atom is 0.224 e. The van der Waals surface area contributed by atoms with Crippen LogP contribution < -0.4 is 15.4 Å². The molecule has 0 atom stereocenters. The van der Waals surface area contributed by atoms with Crippen molar-refractivity contribution in [2.24, 2.45) is 5.73 Å². The summed E-state index contributed by atoms with van der Waals surface area (Å²) in [6, 6.07) is 9.85. The van der Waals surface area contributed by atoms with E-state index in [2.05, 4.69) is 19.9 Å². The molecule has 2 N–H and O–H groups in total. The molecular weight excluding hydrogens is 373 g/mol. The maximum absolute atomic E-state index is 14.0. The predicted molar refractivity (Wildman–Crippen MR) is 107 cm³/mol. The quantitative estimate of drug-likeness (QED) is 0.710. The van der Waals surface area contributed by atoms with Crippen LogP contribution in [0, 0.1) is 12.7 Å². The molecular formula is C21H22FN5O2. The average molecular weight is 395 g/mol. The molecule has 0 unspecified atom stereocenters. The number of rotatable bonds is 5. The van der Waals surface area contributed by atoms with E-state index in [4.69, 9.17) is 15.2 Å². The number of aryl methyl sites for hydroxylation is 1. The van der Waals surface area contributed by atoms with Crippen LogP contribution in [0.2, 0.25) is 0 Å². The summed E-state index contributed by atoms with van der Waals surface area (Å²) >= 11 is 0. The predicted octanol–water partition coefficient (Wildman–Crippen LogP) is 3.07. The van der Waals surface area contributed by atoms with Crippen molar-refractivity contribution in [2.45, 2.75) is 13.5 Å². The number of benzene rings is 1. The second kappa shape index (κ2) is 8.50. The van der Waals surface area contributed by atoms with Crippen molar-refractivity contribution in [3.63, 3.8) is 0 Å². The smallest absolute Gasteiger partial charge is 0.224 e. The molecule has 1 aliphatic rings. The highest BCUT2D eigenvalue weighted by molar-refractivity contribution is 5.67. The van der Waals surface area contributed by atoms with Gasteiger partial charge >= 0.3 is 0 Å². The van der Waals surface area contributed by atoms with Crippen LogP contribution in [0.4, 0.5) is 10.2 Å². The summed E-state index contributed by atoms with van der Waals surface area (Å²) in [6.45, 7) is 5.01. The van der Waals surface area contributed by atoms with E-state index in [0.29, 0.717) is 48.5 Å². The van der Waals surface area contributed by atoms with Crippen LogP contribution in [-0.2, 0) is 11.3 Å². The number of ether oxygens (including phenoxy) is 2. The Labute approximate surface area is 168 Å². The van der Waals surface area contributed by atoms with Crippen molar-refractivity contribution < 1.29 is 13.9 Å². The Bertz CT molecular complexity index is 991. The molecule has 1 fully saturated rings.